The van der Waals surface area contributed by atoms with Crippen LogP contribution in [-0.4, -0.2) is 83.5 Å². The fourth-order valence-electron chi connectivity index (χ4n) is 1.71. The van der Waals surface area contributed by atoms with Gasteiger partial charge in [-0.1, -0.05) is 11.8 Å². The Balaban J connectivity index is 0.000000754. The molecule has 0 aromatic carbocycles. The lowest BCUT2D eigenvalue weighted by molar-refractivity contribution is -0.159. The molecule has 2 amide bonds. The van der Waals surface area contributed by atoms with E-state index >= 15 is 0 Å². The van der Waals surface area contributed by atoms with E-state index < -0.39 is 11.9 Å². The molecule has 9 nitrogen and oxygen atoms in total. The fraction of sp³-hybridized carbons (Fsp3) is 0.600. The predicted molar refractivity (Wildman–Crippen MR) is 85.0 cm³/mol. The van der Waals surface area contributed by atoms with Crippen LogP contribution in [0.5, 0.6) is 0 Å². The zero-order valence-corrected chi connectivity index (χ0v) is 13.9. The number of likely N-dealkylation sites (N-methyl/N-ethyl adjacent to an activating group) is 1. The molecule has 0 spiro atoms. The van der Waals surface area contributed by atoms with Crippen molar-refractivity contribution in [3.8, 4) is 11.8 Å². The smallest absolute Gasteiger partial charge is 0.414 e. The van der Waals surface area contributed by atoms with Gasteiger partial charge in [-0.05, 0) is 25.9 Å². The third-order valence-corrected chi connectivity index (χ3v) is 3.04. The SMILES string of the molecule is CC(=O)NCC(=O)N(C)CC#CCN1CCCC1.O=C(O)C(=O)O. The van der Waals surface area contributed by atoms with Gasteiger partial charge in [-0.2, -0.15) is 0 Å². The number of nitrogens with zero attached hydrogens (tertiary/aromatic N) is 2. The van der Waals surface area contributed by atoms with Crippen LogP contribution in [0.3, 0.4) is 0 Å². The minimum absolute atomic E-state index is 0.0413. The summed E-state index contributed by atoms with van der Waals surface area (Å²) in [7, 11) is 1.69. The molecule has 1 heterocycles. The molecular formula is C15H23N3O6. The Morgan fingerprint density at radius 3 is 2.08 bits per heavy atom. The first-order valence-electron chi connectivity index (χ1n) is 7.36. The predicted octanol–water partition coefficient (Wildman–Crippen LogP) is -1.16. The third-order valence-electron chi connectivity index (χ3n) is 3.04. The monoisotopic (exact) mass is 341 g/mol. The summed E-state index contributed by atoms with van der Waals surface area (Å²) in [5.41, 5.74) is 0. The van der Waals surface area contributed by atoms with Crippen LogP contribution in [0.1, 0.15) is 19.8 Å². The lowest BCUT2D eigenvalue weighted by atomic mass is 10.4. The highest BCUT2D eigenvalue weighted by molar-refractivity contribution is 6.27. The zero-order valence-electron chi connectivity index (χ0n) is 13.9. The van der Waals surface area contributed by atoms with Crippen molar-refractivity contribution in [1.82, 2.24) is 15.1 Å². The summed E-state index contributed by atoms with van der Waals surface area (Å²) in [5, 5.41) is 17.3. The van der Waals surface area contributed by atoms with E-state index in [1.807, 2.05) is 0 Å². The third kappa shape index (κ3) is 11.0. The number of hydrogen-bond acceptors (Lipinski definition) is 5. The summed E-state index contributed by atoms with van der Waals surface area (Å²) in [4.78, 5) is 44.2. The Kier molecular flexibility index (Phi) is 10.6. The van der Waals surface area contributed by atoms with Gasteiger partial charge in [0.1, 0.15) is 0 Å². The van der Waals surface area contributed by atoms with Crippen LogP contribution in [0, 0.1) is 11.8 Å². The quantitative estimate of drug-likeness (QED) is 0.434. The first-order chi connectivity index (χ1) is 11.2. The van der Waals surface area contributed by atoms with Crippen molar-refractivity contribution in [1.29, 1.82) is 0 Å². The molecule has 24 heavy (non-hydrogen) atoms. The Labute approximate surface area is 140 Å². The first-order valence-corrected chi connectivity index (χ1v) is 7.36. The van der Waals surface area contributed by atoms with Crippen LogP contribution >= 0.6 is 0 Å². The molecule has 134 valence electrons. The van der Waals surface area contributed by atoms with E-state index in [1.54, 1.807) is 7.05 Å². The molecule has 1 fully saturated rings. The summed E-state index contributed by atoms with van der Waals surface area (Å²) in [6.45, 7) is 4.89. The first kappa shape index (κ1) is 21.4. The van der Waals surface area contributed by atoms with Crippen LogP contribution in [0.25, 0.3) is 0 Å². The minimum atomic E-state index is -1.82. The summed E-state index contributed by atoms with van der Waals surface area (Å²) in [6, 6.07) is 0. The highest BCUT2D eigenvalue weighted by Crippen LogP contribution is 2.05. The maximum atomic E-state index is 11.5. The molecule has 0 unspecified atom stereocenters. The van der Waals surface area contributed by atoms with Gasteiger partial charge in [-0.25, -0.2) is 9.59 Å². The average Bonchev–Trinajstić information content (AvgIpc) is 3.02. The molecular weight excluding hydrogens is 318 g/mol. The van der Waals surface area contributed by atoms with Crippen molar-refractivity contribution in [3.63, 3.8) is 0 Å². The summed E-state index contributed by atoms with van der Waals surface area (Å²) in [6.07, 6.45) is 2.52. The van der Waals surface area contributed by atoms with Gasteiger partial charge in [0.25, 0.3) is 0 Å². The van der Waals surface area contributed by atoms with Gasteiger partial charge in [0, 0.05) is 14.0 Å². The second-order valence-corrected chi connectivity index (χ2v) is 5.11. The molecule has 9 heteroatoms. The highest BCUT2D eigenvalue weighted by Gasteiger charge is 2.09. The molecule has 0 atom stereocenters. The molecule has 0 radical (unpaired) electrons. The number of carbonyl (C=O) groups is 4. The van der Waals surface area contributed by atoms with Gasteiger partial charge in [-0.15, -0.1) is 0 Å². The normalized spacial score (nSPS) is 12.9. The van der Waals surface area contributed by atoms with Crippen LogP contribution in [-0.2, 0) is 19.2 Å². The molecule has 0 saturated carbocycles. The van der Waals surface area contributed by atoms with E-state index in [0.29, 0.717) is 6.54 Å². The number of amides is 2. The molecule has 1 aliphatic heterocycles. The largest absolute Gasteiger partial charge is 0.473 e. The Bertz CT molecular complexity index is 505. The maximum absolute atomic E-state index is 11.5. The number of likely N-dealkylation sites (tertiary alicyclic amines) is 1. The van der Waals surface area contributed by atoms with Crippen molar-refractivity contribution in [3.05, 3.63) is 0 Å². The van der Waals surface area contributed by atoms with Gasteiger partial charge in [0.2, 0.25) is 11.8 Å². The summed E-state index contributed by atoms with van der Waals surface area (Å²) >= 11 is 0. The maximum Gasteiger partial charge on any atom is 0.414 e. The number of aliphatic carboxylic acids is 2. The van der Waals surface area contributed by atoms with Crippen molar-refractivity contribution in [2.24, 2.45) is 0 Å². The average molecular weight is 341 g/mol. The zero-order chi connectivity index (χ0) is 18.5. The lowest BCUT2D eigenvalue weighted by Crippen LogP contribution is -2.37. The number of hydrogen-bond donors (Lipinski definition) is 3. The summed E-state index contributed by atoms with van der Waals surface area (Å²) in [5.74, 6) is 2.08. The van der Waals surface area contributed by atoms with Gasteiger partial charge in [-0.3, -0.25) is 14.5 Å². The van der Waals surface area contributed by atoms with Crippen LogP contribution in [0.4, 0.5) is 0 Å². The second kappa shape index (κ2) is 11.9. The molecule has 1 saturated heterocycles. The number of nitrogens with one attached hydrogen (secondary N) is 1. The van der Waals surface area contributed by atoms with Crippen LogP contribution in [0.2, 0.25) is 0 Å². The Morgan fingerprint density at radius 1 is 1.08 bits per heavy atom. The number of carbonyl (C=O) groups excluding carboxylic acids is 2. The molecule has 1 rings (SSSR count). The molecule has 0 bridgehead atoms. The lowest BCUT2D eigenvalue weighted by Gasteiger charge is -2.14. The standard InChI is InChI=1S/C13H21N3O2.C2H2O4/c1-12(17)14-11-13(18)15(2)7-3-4-8-16-9-5-6-10-16;3-1(4)2(5)6/h5-11H2,1-2H3,(H,14,17);(H,3,4)(H,5,6). The van der Waals surface area contributed by atoms with E-state index in [1.165, 1.54) is 24.7 Å². The Hall–Kier alpha value is -2.60. The van der Waals surface area contributed by atoms with Crippen molar-refractivity contribution in [2.45, 2.75) is 19.8 Å². The van der Waals surface area contributed by atoms with E-state index in [-0.39, 0.29) is 18.4 Å². The van der Waals surface area contributed by atoms with E-state index in [2.05, 4.69) is 22.1 Å². The number of rotatable bonds is 4. The van der Waals surface area contributed by atoms with Crippen LogP contribution in [0.15, 0.2) is 0 Å². The van der Waals surface area contributed by atoms with Gasteiger partial charge in [0.15, 0.2) is 0 Å². The van der Waals surface area contributed by atoms with Gasteiger partial charge < -0.3 is 20.4 Å². The molecule has 0 aromatic rings. The number of carboxylic acid groups (broad SMARTS) is 2. The van der Waals surface area contributed by atoms with E-state index in [0.717, 1.165) is 19.6 Å². The minimum Gasteiger partial charge on any atom is -0.473 e. The summed E-state index contributed by atoms with van der Waals surface area (Å²) < 4.78 is 0. The Morgan fingerprint density at radius 2 is 1.62 bits per heavy atom. The van der Waals surface area contributed by atoms with Crippen molar-refractivity contribution < 1.29 is 29.4 Å². The molecule has 0 aliphatic carbocycles. The van der Waals surface area contributed by atoms with E-state index in [9.17, 15) is 9.59 Å². The topological polar surface area (TPSA) is 127 Å². The van der Waals surface area contributed by atoms with Crippen molar-refractivity contribution >= 4 is 23.8 Å². The van der Waals surface area contributed by atoms with Gasteiger partial charge >= 0.3 is 11.9 Å². The fourth-order valence-corrected chi connectivity index (χ4v) is 1.71. The van der Waals surface area contributed by atoms with Crippen molar-refractivity contribution in [2.75, 3.05) is 39.8 Å². The number of carboxylic acids is 2. The molecule has 1 aliphatic rings. The van der Waals surface area contributed by atoms with E-state index in [4.69, 9.17) is 19.8 Å². The highest BCUT2D eigenvalue weighted by atomic mass is 16.4. The molecule has 0 aromatic heterocycles. The molecule has 3 N–H and O–H groups in total. The van der Waals surface area contributed by atoms with Gasteiger partial charge in [0.05, 0.1) is 19.6 Å². The van der Waals surface area contributed by atoms with Crippen LogP contribution < -0.4 is 5.32 Å². The second-order valence-electron chi connectivity index (χ2n) is 5.11.